The number of hydrogen-bond acceptors (Lipinski definition) is 3. The molecule has 0 radical (unpaired) electrons. The van der Waals surface area contributed by atoms with Gasteiger partial charge in [0.1, 0.15) is 6.61 Å². The molecule has 1 saturated carbocycles. The lowest BCUT2D eigenvalue weighted by molar-refractivity contribution is -0.138. The van der Waals surface area contributed by atoms with Gasteiger partial charge >= 0.3 is 12.1 Å². The van der Waals surface area contributed by atoms with Gasteiger partial charge in [0, 0.05) is 18.5 Å². The van der Waals surface area contributed by atoms with Gasteiger partial charge in [-0.3, -0.25) is 4.79 Å². The number of ether oxygens (including phenoxy) is 1. The highest BCUT2D eigenvalue weighted by Gasteiger charge is 2.47. The molecule has 2 aromatic carbocycles. The normalized spacial score (nSPS) is 24.8. The Hall–Kier alpha value is -2.82. The first kappa shape index (κ1) is 18.2. The molecule has 5 heteroatoms. The van der Waals surface area contributed by atoms with Crippen LogP contribution in [0.3, 0.4) is 0 Å². The zero-order valence-corrected chi connectivity index (χ0v) is 16.3. The molecule has 2 fully saturated rings. The lowest BCUT2D eigenvalue weighted by Gasteiger charge is -2.26. The first-order valence-electron chi connectivity index (χ1n) is 10.5. The molecule has 1 N–H and O–H groups in total. The van der Waals surface area contributed by atoms with E-state index in [1.807, 2.05) is 24.3 Å². The number of aliphatic carboxylic acids is 1. The van der Waals surface area contributed by atoms with E-state index in [0.717, 1.165) is 19.3 Å². The van der Waals surface area contributed by atoms with Crippen LogP contribution in [0.1, 0.15) is 42.7 Å². The molecule has 150 valence electrons. The van der Waals surface area contributed by atoms with Crippen LogP contribution < -0.4 is 0 Å². The van der Waals surface area contributed by atoms with Crippen LogP contribution in [0.4, 0.5) is 4.79 Å². The Morgan fingerprint density at radius 1 is 1.00 bits per heavy atom. The van der Waals surface area contributed by atoms with Crippen molar-refractivity contribution in [3.05, 3.63) is 59.7 Å². The highest BCUT2D eigenvalue weighted by atomic mass is 16.6. The molecule has 1 heterocycles. The van der Waals surface area contributed by atoms with Gasteiger partial charge in [-0.05, 0) is 46.9 Å². The first-order chi connectivity index (χ1) is 14.1. The summed E-state index contributed by atoms with van der Waals surface area (Å²) in [6, 6.07) is 16.3. The number of likely N-dealkylation sites (tertiary alicyclic amines) is 1. The summed E-state index contributed by atoms with van der Waals surface area (Å²) in [5.74, 6) is -0.114. The minimum atomic E-state index is -0.848. The maximum Gasteiger partial charge on any atom is 0.410 e. The van der Waals surface area contributed by atoms with E-state index >= 15 is 0 Å². The Morgan fingerprint density at radius 3 is 2.31 bits per heavy atom. The summed E-state index contributed by atoms with van der Waals surface area (Å²) in [5, 5.41) is 9.34. The zero-order chi connectivity index (χ0) is 20.0. The molecular weight excluding hydrogens is 366 g/mol. The topological polar surface area (TPSA) is 66.8 Å². The van der Waals surface area contributed by atoms with Crippen molar-refractivity contribution < 1.29 is 19.4 Å². The second-order valence-electron chi connectivity index (χ2n) is 8.48. The summed E-state index contributed by atoms with van der Waals surface area (Å²) < 4.78 is 5.79. The molecule has 0 bridgehead atoms. The number of carbonyl (C=O) groups is 2. The third-order valence-corrected chi connectivity index (χ3v) is 7.00. The molecule has 1 amide bonds. The van der Waals surface area contributed by atoms with Crippen LogP contribution in [0.25, 0.3) is 11.1 Å². The SMILES string of the molecule is O=C(O)C[C@@H]1[C@@H]2CCC[C@@H]2CN1C(=O)OCC1c2ccccc2-c2ccccc21. The third kappa shape index (κ3) is 3.09. The van der Waals surface area contributed by atoms with Crippen LogP contribution in [0.2, 0.25) is 0 Å². The van der Waals surface area contributed by atoms with Crippen LogP contribution in [-0.4, -0.2) is 41.3 Å². The average molecular weight is 391 g/mol. The van der Waals surface area contributed by atoms with Crippen molar-refractivity contribution in [1.82, 2.24) is 4.90 Å². The van der Waals surface area contributed by atoms with Gasteiger partial charge in [-0.25, -0.2) is 4.79 Å². The van der Waals surface area contributed by atoms with Crippen molar-refractivity contribution in [1.29, 1.82) is 0 Å². The minimum absolute atomic E-state index is 0.00532. The number of hydrogen-bond donors (Lipinski definition) is 1. The Bertz CT molecular complexity index is 910. The Kier molecular flexibility index (Phi) is 4.53. The van der Waals surface area contributed by atoms with Gasteiger partial charge in [-0.15, -0.1) is 0 Å². The monoisotopic (exact) mass is 391 g/mol. The molecule has 1 aliphatic heterocycles. The Morgan fingerprint density at radius 2 is 1.66 bits per heavy atom. The van der Waals surface area contributed by atoms with E-state index in [1.54, 1.807) is 4.90 Å². The summed E-state index contributed by atoms with van der Waals surface area (Å²) in [5.41, 5.74) is 4.76. The number of rotatable bonds is 4. The summed E-state index contributed by atoms with van der Waals surface area (Å²) in [4.78, 5) is 26.0. The number of amides is 1. The van der Waals surface area contributed by atoms with Gasteiger partial charge < -0.3 is 14.7 Å². The molecule has 1 saturated heterocycles. The van der Waals surface area contributed by atoms with Crippen molar-refractivity contribution in [2.75, 3.05) is 13.2 Å². The van der Waals surface area contributed by atoms with E-state index in [1.165, 1.54) is 22.3 Å². The van der Waals surface area contributed by atoms with Gasteiger partial charge in [0.15, 0.2) is 0 Å². The average Bonchev–Trinajstić information content (AvgIpc) is 3.39. The van der Waals surface area contributed by atoms with Crippen molar-refractivity contribution >= 4 is 12.1 Å². The van der Waals surface area contributed by atoms with Gasteiger partial charge in [-0.1, -0.05) is 55.0 Å². The summed E-state index contributed by atoms with van der Waals surface area (Å²) >= 11 is 0. The van der Waals surface area contributed by atoms with Crippen LogP contribution in [-0.2, 0) is 9.53 Å². The molecule has 5 nitrogen and oxygen atoms in total. The molecule has 5 rings (SSSR count). The summed E-state index contributed by atoms with van der Waals surface area (Å²) in [6.45, 7) is 0.901. The Labute approximate surface area is 170 Å². The van der Waals surface area contributed by atoms with E-state index in [2.05, 4.69) is 24.3 Å². The summed E-state index contributed by atoms with van der Waals surface area (Å²) in [7, 11) is 0. The van der Waals surface area contributed by atoms with Crippen LogP contribution in [0, 0.1) is 11.8 Å². The number of benzene rings is 2. The highest BCUT2D eigenvalue weighted by Crippen LogP contribution is 2.46. The van der Waals surface area contributed by atoms with E-state index in [4.69, 9.17) is 4.74 Å². The number of carbonyl (C=O) groups excluding carboxylic acids is 1. The fraction of sp³-hybridized carbons (Fsp3) is 0.417. The molecular formula is C24H25NO4. The van der Waals surface area contributed by atoms with Crippen molar-refractivity contribution in [2.24, 2.45) is 11.8 Å². The van der Waals surface area contributed by atoms with Crippen molar-refractivity contribution in [3.63, 3.8) is 0 Å². The quantitative estimate of drug-likeness (QED) is 0.833. The Balaban J connectivity index is 1.34. The zero-order valence-electron chi connectivity index (χ0n) is 16.3. The van der Waals surface area contributed by atoms with Crippen molar-refractivity contribution in [2.45, 2.75) is 37.6 Å². The first-order valence-corrected chi connectivity index (χ1v) is 10.5. The van der Waals surface area contributed by atoms with Gasteiger partial charge in [0.25, 0.3) is 0 Å². The van der Waals surface area contributed by atoms with Crippen LogP contribution in [0.5, 0.6) is 0 Å². The smallest absolute Gasteiger partial charge is 0.410 e. The maximum absolute atomic E-state index is 13.0. The number of carboxylic acids is 1. The number of nitrogens with zero attached hydrogens (tertiary/aromatic N) is 1. The van der Waals surface area contributed by atoms with Gasteiger partial charge in [0.2, 0.25) is 0 Å². The van der Waals surface area contributed by atoms with Crippen molar-refractivity contribution in [3.8, 4) is 11.1 Å². The van der Waals surface area contributed by atoms with Gasteiger partial charge in [-0.2, -0.15) is 0 Å². The summed E-state index contributed by atoms with van der Waals surface area (Å²) in [6.07, 6.45) is 2.85. The fourth-order valence-corrected chi connectivity index (χ4v) is 5.75. The van der Waals surface area contributed by atoms with Crippen LogP contribution in [0.15, 0.2) is 48.5 Å². The molecule has 3 atom stereocenters. The molecule has 0 spiro atoms. The molecule has 3 aliphatic rings. The largest absolute Gasteiger partial charge is 0.481 e. The molecule has 0 aromatic heterocycles. The lowest BCUT2D eigenvalue weighted by Crippen LogP contribution is -2.40. The lowest BCUT2D eigenvalue weighted by atomic mass is 9.92. The third-order valence-electron chi connectivity index (χ3n) is 7.00. The van der Waals surface area contributed by atoms with E-state index in [9.17, 15) is 14.7 Å². The highest BCUT2D eigenvalue weighted by molar-refractivity contribution is 5.79. The maximum atomic E-state index is 13.0. The number of carboxylic acid groups (broad SMARTS) is 1. The second kappa shape index (κ2) is 7.21. The predicted octanol–water partition coefficient (Wildman–Crippen LogP) is 4.51. The minimum Gasteiger partial charge on any atom is -0.481 e. The fourth-order valence-electron chi connectivity index (χ4n) is 5.75. The van der Waals surface area contributed by atoms with E-state index in [0.29, 0.717) is 18.4 Å². The number of fused-ring (bicyclic) bond motifs is 4. The molecule has 29 heavy (non-hydrogen) atoms. The molecule has 0 unspecified atom stereocenters. The van der Waals surface area contributed by atoms with Gasteiger partial charge in [0.05, 0.1) is 6.42 Å². The molecule has 2 aliphatic carbocycles. The van der Waals surface area contributed by atoms with E-state index in [-0.39, 0.29) is 31.1 Å². The van der Waals surface area contributed by atoms with E-state index < -0.39 is 5.97 Å². The predicted molar refractivity (Wildman–Crippen MR) is 109 cm³/mol. The van der Waals surface area contributed by atoms with Crippen LogP contribution >= 0.6 is 0 Å². The standard InChI is InChI=1S/C24H25NO4/c26-23(27)12-22-16-11-5-6-15(16)13-25(22)24(28)29-14-21-19-9-3-1-7-17(19)18-8-2-4-10-20(18)21/h1-4,7-10,15-16,21-22H,5-6,11-14H2,(H,26,27)/t15-,16-,22-/m1/s1. The second-order valence-corrected chi connectivity index (χ2v) is 8.48. The molecule has 2 aromatic rings.